The molecule has 100 valence electrons. The maximum atomic E-state index is 13.2. The number of halogens is 1. The fourth-order valence-electron chi connectivity index (χ4n) is 1.52. The smallest absolute Gasteiger partial charge is 0.282 e. The van der Waals surface area contributed by atoms with Gasteiger partial charge in [-0.05, 0) is 18.6 Å². The monoisotopic (exact) mass is 266 g/mol. The lowest BCUT2D eigenvalue weighted by molar-refractivity contribution is -0.384. The number of benzene rings is 1. The summed E-state index contributed by atoms with van der Waals surface area (Å²) in [6.45, 7) is 1.84. The predicted molar refractivity (Wildman–Crippen MR) is 63.6 cm³/mol. The molecule has 0 amide bonds. The lowest BCUT2D eigenvalue weighted by atomic mass is 10.1. The van der Waals surface area contributed by atoms with Crippen molar-refractivity contribution in [3.63, 3.8) is 0 Å². The van der Waals surface area contributed by atoms with Gasteiger partial charge in [0.15, 0.2) is 5.82 Å². The Labute approximate surface area is 107 Å². The Balaban J connectivity index is 2.49. The van der Waals surface area contributed by atoms with Gasteiger partial charge in [0.1, 0.15) is 11.4 Å². The van der Waals surface area contributed by atoms with Gasteiger partial charge in [-0.25, -0.2) is 4.39 Å². The second-order valence-corrected chi connectivity index (χ2v) is 3.89. The van der Waals surface area contributed by atoms with Gasteiger partial charge in [0.05, 0.1) is 11.0 Å². The molecule has 1 atom stereocenters. The number of hydrogen-bond donors (Lipinski definition) is 1. The van der Waals surface area contributed by atoms with Crippen molar-refractivity contribution in [2.24, 2.45) is 5.73 Å². The Hall–Kier alpha value is -2.35. The molecule has 0 saturated heterocycles. The van der Waals surface area contributed by atoms with Crippen LogP contribution in [0.3, 0.4) is 0 Å². The molecule has 2 rings (SSSR count). The minimum Gasteiger partial charge on any atom is -0.334 e. The molecule has 7 nitrogen and oxygen atoms in total. The Kier molecular flexibility index (Phi) is 3.52. The first-order valence-electron chi connectivity index (χ1n) is 5.56. The molecule has 0 fully saturated rings. The first-order chi connectivity index (χ1) is 9.02. The average Bonchev–Trinajstić information content (AvgIpc) is 2.86. The highest BCUT2D eigenvalue weighted by Gasteiger charge is 2.22. The maximum Gasteiger partial charge on any atom is 0.282 e. The van der Waals surface area contributed by atoms with Crippen molar-refractivity contribution in [1.29, 1.82) is 0 Å². The maximum absolute atomic E-state index is 13.2. The fourth-order valence-corrected chi connectivity index (χ4v) is 1.52. The van der Waals surface area contributed by atoms with Crippen LogP contribution in [-0.2, 0) is 0 Å². The summed E-state index contributed by atoms with van der Waals surface area (Å²) in [5.74, 6) is -0.513. The van der Waals surface area contributed by atoms with Crippen LogP contribution in [0.1, 0.15) is 25.2 Å². The minimum atomic E-state index is -0.640. The standard InChI is InChI=1S/C11H11FN4O3/c1-2-8(13)10-14-11(19-15-10)7-5-6(12)3-4-9(7)16(17)18/h3-5,8H,2,13H2,1H3. The Morgan fingerprint density at radius 2 is 2.32 bits per heavy atom. The number of rotatable bonds is 4. The van der Waals surface area contributed by atoms with E-state index in [1.165, 1.54) is 0 Å². The molecule has 2 aromatic rings. The van der Waals surface area contributed by atoms with Crippen LogP contribution < -0.4 is 5.73 Å². The van der Waals surface area contributed by atoms with Crippen LogP contribution in [0.4, 0.5) is 10.1 Å². The topological polar surface area (TPSA) is 108 Å². The second-order valence-electron chi connectivity index (χ2n) is 3.89. The number of nitro groups is 1. The summed E-state index contributed by atoms with van der Waals surface area (Å²) in [6.07, 6.45) is 0.588. The van der Waals surface area contributed by atoms with E-state index in [1.807, 2.05) is 6.92 Å². The van der Waals surface area contributed by atoms with Gasteiger partial charge in [-0.15, -0.1) is 0 Å². The summed E-state index contributed by atoms with van der Waals surface area (Å²) in [6, 6.07) is 2.60. The van der Waals surface area contributed by atoms with Gasteiger partial charge in [0.25, 0.3) is 11.6 Å². The summed E-state index contributed by atoms with van der Waals surface area (Å²) >= 11 is 0. The molecule has 0 aliphatic rings. The second kappa shape index (κ2) is 5.11. The largest absolute Gasteiger partial charge is 0.334 e. The van der Waals surface area contributed by atoms with Gasteiger partial charge < -0.3 is 10.3 Å². The molecule has 1 aromatic heterocycles. The first-order valence-corrected chi connectivity index (χ1v) is 5.56. The third-order valence-electron chi connectivity index (χ3n) is 2.60. The number of nitro benzene ring substituents is 1. The van der Waals surface area contributed by atoms with Crippen molar-refractivity contribution in [2.75, 3.05) is 0 Å². The molecule has 1 unspecified atom stereocenters. The van der Waals surface area contributed by atoms with E-state index < -0.39 is 16.8 Å². The van der Waals surface area contributed by atoms with E-state index in [0.717, 1.165) is 18.2 Å². The molecule has 0 saturated carbocycles. The molecular weight excluding hydrogens is 255 g/mol. The summed E-state index contributed by atoms with van der Waals surface area (Å²) in [5, 5.41) is 14.5. The van der Waals surface area contributed by atoms with Crippen molar-refractivity contribution >= 4 is 5.69 Å². The lowest BCUT2D eigenvalue weighted by Crippen LogP contribution is -2.10. The Bertz CT molecular complexity index is 614. The number of hydrogen-bond acceptors (Lipinski definition) is 6. The van der Waals surface area contributed by atoms with E-state index in [1.54, 1.807) is 0 Å². The van der Waals surface area contributed by atoms with Gasteiger partial charge in [-0.2, -0.15) is 4.98 Å². The van der Waals surface area contributed by atoms with Gasteiger partial charge >= 0.3 is 0 Å². The minimum absolute atomic E-state index is 0.0629. The number of aromatic nitrogens is 2. The fraction of sp³-hybridized carbons (Fsp3) is 0.273. The van der Waals surface area contributed by atoms with Crippen molar-refractivity contribution in [3.05, 3.63) is 40.0 Å². The molecule has 8 heteroatoms. The Morgan fingerprint density at radius 3 is 2.95 bits per heavy atom. The van der Waals surface area contributed by atoms with E-state index in [2.05, 4.69) is 10.1 Å². The summed E-state index contributed by atoms with van der Waals surface area (Å²) in [5.41, 5.74) is 5.35. The van der Waals surface area contributed by atoms with E-state index in [4.69, 9.17) is 10.3 Å². The molecule has 19 heavy (non-hydrogen) atoms. The zero-order chi connectivity index (χ0) is 14.0. The van der Waals surface area contributed by atoms with Crippen LogP contribution in [0.15, 0.2) is 22.7 Å². The van der Waals surface area contributed by atoms with Gasteiger partial charge in [0.2, 0.25) is 0 Å². The molecule has 2 N–H and O–H groups in total. The van der Waals surface area contributed by atoms with Crippen molar-refractivity contribution < 1.29 is 13.8 Å². The highest BCUT2D eigenvalue weighted by atomic mass is 19.1. The van der Waals surface area contributed by atoms with E-state index in [9.17, 15) is 14.5 Å². The van der Waals surface area contributed by atoms with Gasteiger partial charge in [-0.3, -0.25) is 10.1 Å². The highest BCUT2D eigenvalue weighted by Crippen LogP contribution is 2.29. The zero-order valence-electron chi connectivity index (χ0n) is 10.0. The lowest BCUT2D eigenvalue weighted by Gasteiger charge is -2.00. The van der Waals surface area contributed by atoms with Crippen LogP contribution >= 0.6 is 0 Å². The van der Waals surface area contributed by atoms with E-state index in [0.29, 0.717) is 6.42 Å². The van der Waals surface area contributed by atoms with Crippen LogP contribution in [0.2, 0.25) is 0 Å². The highest BCUT2D eigenvalue weighted by molar-refractivity contribution is 5.66. The number of nitrogens with two attached hydrogens (primary N) is 1. The molecule has 1 heterocycles. The first kappa shape index (κ1) is 13.1. The van der Waals surface area contributed by atoms with E-state index >= 15 is 0 Å². The molecule has 0 spiro atoms. The van der Waals surface area contributed by atoms with Crippen molar-refractivity contribution in [3.8, 4) is 11.5 Å². The Morgan fingerprint density at radius 1 is 1.58 bits per heavy atom. The molecule has 0 bridgehead atoms. The summed E-state index contributed by atoms with van der Waals surface area (Å²) in [7, 11) is 0. The molecule has 1 aromatic carbocycles. The molecule has 0 radical (unpaired) electrons. The normalized spacial score (nSPS) is 12.4. The SMILES string of the molecule is CCC(N)c1noc(-c2cc(F)ccc2[N+](=O)[O-])n1. The predicted octanol–water partition coefficient (Wildman–Crippen LogP) is 2.19. The van der Waals surface area contributed by atoms with Crippen LogP contribution in [-0.4, -0.2) is 15.1 Å². The zero-order valence-corrected chi connectivity index (χ0v) is 10.0. The quantitative estimate of drug-likeness (QED) is 0.671. The summed E-state index contributed by atoms with van der Waals surface area (Å²) in [4.78, 5) is 14.2. The van der Waals surface area contributed by atoms with Crippen LogP contribution in [0, 0.1) is 15.9 Å². The van der Waals surface area contributed by atoms with Crippen molar-refractivity contribution in [1.82, 2.24) is 10.1 Å². The third kappa shape index (κ3) is 2.58. The number of nitrogens with zero attached hydrogens (tertiary/aromatic N) is 3. The molecule has 0 aliphatic carbocycles. The van der Waals surface area contributed by atoms with Gasteiger partial charge in [0, 0.05) is 6.07 Å². The molecular formula is C11H11FN4O3. The van der Waals surface area contributed by atoms with Crippen LogP contribution in [0.25, 0.3) is 11.5 Å². The van der Waals surface area contributed by atoms with Crippen molar-refractivity contribution in [2.45, 2.75) is 19.4 Å². The van der Waals surface area contributed by atoms with Crippen LogP contribution in [0.5, 0.6) is 0 Å². The van der Waals surface area contributed by atoms with E-state index in [-0.39, 0.29) is 23.0 Å². The average molecular weight is 266 g/mol. The molecule has 0 aliphatic heterocycles. The third-order valence-corrected chi connectivity index (χ3v) is 2.60. The van der Waals surface area contributed by atoms with Gasteiger partial charge in [-0.1, -0.05) is 12.1 Å². The summed E-state index contributed by atoms with van der Waals surface area (Å²) < 4.78 is 18.1.